The number of aromatic nitrogens is 3. The molecule has 2 aromatic rings. The second kappa shape index (κ2) is 5.29. The number of hydrogen-bond acceptors (Lipinski definition) is 5. The smallest absolute Gasteiger partial charge is 0.152 e. The molecule has 0 unspecified atom stereocenters. The van der Waals surface area contributed by atoms with Crippen LogP contribution in [0.4, 0.5) is 5.82 Å². The van der Waals surface area contributed by atoms with Crippen molar-refractivity contribution in [2.75, 3.05) is 16.8 Å². The van der Waals surface area contributed by atoms with Crippen LogP contribution < -0.4 is 5.32 Å². The monoisotopic (exact) mass is 308 g/mol. The molecule has 1 N–H and O–H groups in total. The van der Waals surface area contributed by atoms with Crippen LogP contribution in [0.3, 0.4) is 0 Å². The molecule has 0 radical (unpaired) electrons. The molecule has 21 heavy (non-hydrogen) atoms. The first kappa shape index (κ1) is 14.3. The number of sulfone groups is 1. The van der Waals surface area contributed by atoms with Crippen molar-refractivity contribution in [1.82, 2.24) is 14.6 Å². The van der Waals surface area contributed by atoms with Crippen molar-refractivity contribution in [1.29, 1.82) is 0 Å². The molecule has 3 rings (SSSR count). The van der Waals surface area contributed by atoms with E-state index in [1.807, 2.05) is 16.8 Å². The van der Waals surface area contributed by atoms with Gasteiger partial charge >= 0.3 is 0 Å². The molecule has 1 aliphatic rings. The van der Waals surface area contributed by atoms with Gasteiger partial charge in [-0.05, 0) is 24.8 Å². The van der Waals surface area contributed by atoms with Crippen molar-refractivity contribution in [3.05, 3.63) is 24.2 Å². The van der Waals surface area contributed by atoms with Crippen LogP contribution in [-0.4, -0.2) is 40.6 Å². The molecular weight excluding hydrogens is 288 g/mol. The van der Waals surface area contributed by atoms with Crippen molar-refractivity contribution in [3.63, 3.8) is 0 Å². The average molecular weight is 308 g/mol. The van der Waals surface area contributed by atoms with E-state index >= 15 is 0 Å². The summed E-state index contributed by atoms with van der Waals surface area (Å²) in [6, 6.07) is 2.20. The molecule has 0 bridgehead atoms. The first-order valence-electron chi connectivity index (χ1n) is 7.26. The number of nitrogens with zero attached hydrogens (tertiary/aromatic N) is 3. The molecule has 0 atom stereocenters. The Kier molecular flexibility index (Phi) is 3.61. The van der Waals surface area contributed by atoms with Gasteiger partial charge in [-0.3, -0.25) is 0 Å². The SMILES string of the molecule is CC(C)c1cc2c(NC3CCS(=O)(=O)CC3)nccn2n1. The van der Waals surface area contributed by atoms with Crippen LogP contribution in [0.2, 0.25) is 0 Å². The summed E-state index contributed by atoms with van der Waals surface area (Å²) >= 11 is 0. The van der Waals surface area contributed by atoms with Crippen molar-refractivity contribution >= 4 is 21.2 Å². The second-order valence-electron chi connectivity index (χ2n) is 5.90. The highest BCUT2D eigenvalue weighted by molar-refractivity contribution is 7.91. The molecule has 2 aromatic heterocycles. The summed E-state index contributed by atoms with van der Waals surface area (Å²) in [5.74, 6) is 1.65. The van der Waals surface area contributed by atoms with Gasteiger partial charge < -0.3 is 5.32 Å². The topological polar surface area (TPSA) is 76.4 Å². The lowest BCUT2D eigenvalue weighted by atomic mass is 10.1. The first-order valence-corrected chi connectivity index (χ1v) is 9.08. The third kappa shape index (κ3) is 3.02. The van der Waals surface area contributed by atoms with Crippen molar-refractivity contribution in [2.45, 2.75) is 38.6 Å². The van der Waals surface area contributed by atoms with Crippen molar-refractivity contribution in [3.8, 4) is 0 Å². The van der Waals surface area contributed by atoms with Crippen LogP contribution >= 0.6 is 0 Å². The minimum absolute atomic E-state index is 0.157. The molecule has 0 amide bonds. The van der Waals surface area contributed by atoms with Crippen molar-refractivity contribution in [2.24, 2.45) is 0 Å². The summed E-state index contributed by atoms with van der Waals surface area (Å²) in [7, 11) is -2.84. The molecule has 0 saturated carbocycles. The predicted octanol–water partition coefficient (Wildman–Crippen LogP) is 1.84. The summed E-state index contributed by atoms with van der Waals surface area (Å²) in [5.41, 5.74) is 1.96. The first-order chi connectivity index (χ1) is 9.94. The average Bonchev–Trinajstić information content (AvgIpc) is 2.86. The Hall–Kier alpha value is -1.63. The van der Waals surface area contributed by atoms with Crippen LogP contribution in [0.15, 0.2) is 18.5 Å². The lowest BCUT2D eigenvalue weighted by molar-refractivity contribution is 0.559. The van der Waals surface area contributed by atoms with Gasteiger partial charge in [0, 0.05) is 18.4 Å². The highest BCUT2D eigenvalue weighted by Gasteiger charge is 2.24. The summed E-state index contributed by atoms with van der Waals surface area (Å²) in [4.78, 5) is 4.39. The maximum atomic E-state index is 11.5. The number of rotatable bonds is 3. The number of nitrogens with one attached hydrogen (secondary N) is 1. The fourth-order valence-corrected chi connectivity index (χ4v) is 4.05. The van der Waals surface area contributed by atoms with Crippen LogP contribution in [-0.2, 0) is 9.84 Å². The zero-order chi connectivity index (χ0) is 15.0. The van der Waals surface area contributed by atoms with Crippen molar-refractivity contribution < 1.29 is 8.42 Å². The standard InChI is InChI=1S/C14H20N4O2S/c1-10(2)12-9-13-14(15-5-6-18(13)17-12)16-11-3-7-21(19,20)8-4-11/h5-6,9-11H,3-4,7-8H2,1-2H3,(H,15,16). The molecule has 1 saturated heterocycles. The summed E-state index contributed by atoms with van der Waals surface area (Å²) in [5, 5.41) is 7.91. The largest absolute Gasteiger partial charge is 0.365 e. The van der Waals surface area contributed by atoms with Crippen LogP contribution in [0.25, 0.3) is 5.52 Å². The summed E-state index contributed by atoms with van der Waals surface area (Å²) in [6.07, 6.45) is 4.82. The van der Waals surface area contributed by atoms with E-state index in [1.54, 1.807) is 6.20 Å². The highest BCUT2D eigenvalue weighted by atomic mass is 32.2. The Morgan fingerprint density at radius 2 is 2.05 bits per heavy atom. The van der Waals surface area contributed by atoms with Gasteiger partial charge in [-0.15, -0.1) is 0 Å². The third-order valence-corrected chi connectivity index (χ3v) is 5.61. The van der Waals surface area contributed by atoms with Gasteiger partial charge in [0.05, 0.1) is 17.2 Å². The lowest BCUT2D eigenvalue weighted by Crippen LogP contribution is -2.32. The van der Waals surface area contributed by atoms with Gasteiger partial charge in [-0.25, -0.2) is 17.9 Å². The minimum atomic E-state index is -2.84. The van der Waals surface area contributed by atoms with Gasteiger partial charge in [0.2, 0.25) is 0 Å². The fraction of sp³-hybridized carbons (Fsp3) is 0.571. The quantitative estimate of drug-likeness (QED) is 0.936. The zero-order valence-electron chi connectivity index (χ0n) is 12.3. The Morgan fingerprint density at radius 1 is 1.33 bits per heavy atom. The number of fused-ring (bicyclic) bond motifs is 1. The molecule has 7 heteroatoms. The third-order valence-electron chi connectivity index (χ3n) is 3.90. The highest BCUT2D eigenvalue weighted by Crippen LogP contribution is 2.22. The van der Waals surface area contributed by atoms with Gasteiger partial charge in [0.25, 0.3) is 0 Å². The predicted molar refractivity (Wildman–Crippen MR) is 82.4 cm³/mol. The van der Waals surface area contributed by atoms with Crippen LogP contribution in [0.5, 0.6) is 0 Å². The molecule has 1 aliphatic heterocycles. The molecule has 6 nitrogen and oxygen atoms in total. The van der Waals surface area contributed by atoms with E-state index in [4.69, 9.17) is 0 Å². The van der Waals surface area contributed by atoms with Gasteiger partial charge in [0.15, 0.2) is 5.82 Å². The minimum Gasteiger partial charge on any atom is -0.365 e. The molecule has 0 aromatic carbocycles. The van der Waals surface area contributed by atoms with Gasteiger partial charge in [0.1, 0.15) is 15.4 Å². The zero-order valence-corrected chi connectivity index (χ0v) is 13.1. The molecular formula is C14H20N4O2S. The Bertz CT molecular complexity index is 737. The molecule has 0 spiro atoms. The Morgan fingerprint density at radius 3 is 2.71 bits per heavy atom. The Balaban J connectivity index is 1.84. The summed E-state index contributed by atoms with van der Waals surface area (Å²) < 4.78 is 24.8. The molecule has 3 heterocycles. The van der Waals surface area contributed by atoms with E-state index < -0.39 is 9.84 Å². The van der Waals surface area contributed by atoms with E-state index in [0.717, 1.165) is 17.0 Å². The van der Waals surface area contributed by atoms with Crippen LogP contribution in [0.1, 0.15) is 38.3 Å². The van der Waals surface area contributed by atoms with E-state index in [0.29, 0.717) is 18.8 Å². The van der Waals surface area contributed by atoms with E-state index in [-0.39, 0.29) is 17.5 Å². The number of hydrogen-bond donors (Lipinski definition) is 1. The van der Waals surface area contributed by atoms with Gasteiger partial charge in [-0.2, -0.15) is 5.10 Å². The van der Waals surface area contributed by atoms with E-state index in [2.05, 4.69) is 29.2 Å². The normalized spacial score (nSPS) is 19.2. The van der Waals surface area contributed by atoms with Gasteiger partial charge in [-0.1, -0.05) is 13.8 Å². The summed E-state index contributed by atoms with van der Waals surface area (Å²) in [6.45, 7) is 4.21. The van der Waals surface area contributed by atoms with Crippen LogP contribution in [0, 0.1) is 0 Å². The molecule has 1 fully saturated rings. The van der Waals surface area contributed by atoms with E-state index in [9.17, 15) is 8.42 Å². The Labute approximate surface area is 124 Å². The number of anilines is 1. The maximum Gasteiger partial charge on any atom is 0.152 e. The lowest BCUT2D eigenvalue weighted by Gasteiger charge is -2.23. The van der Waals surface area contributed by atoms with E-state index in [1.165, 1.54) is 0 Å². The second-order valence-corrected chi connectivity index (χ2v) is 8.20. The fourth-order valence-electron chi connectivity index (χ4n) is 2.56. The maximum absolute atomic E-state index is 11.5. The molecule has 114 valence electrons. The molecule has 0 aliphatic carbocycles.